The van der Waals surface area contributed by atoms with Crippen molar-refractivity contribution in [2.75, 3.05) is 6.61 Å². The van der Waals surface area contributed by atoms with Crippen LogP contribution in [0.3, 0.4) is 0 Å². The summed E-state index contributed by atoms with van der Waals surface area (Å²) < 4.78 is 9.89. The molecular weight excluding hydrogens is 286 g/mol. The molecular formula is C16H11NO5. The first-order valence-electron chi connectivity index (χ1n) is 6.27. The van der Waals surface area contributed by atoms with Crippen LogP contribution in [-0.4, -0.2) is 17.5 Å². The van der Waals surface area contributed by atoms with Crippen molar-refractivity contribution in [3.63, 3.8) is 0 Å². The molecule has 0 aliphatic carbocycles. The van der Waals surface area contributed by atoms with E-state index in [9.17, 15) is 14.9 Å². The Morgan fingerprint density at radius 2 is 2.05 bits per heavy atom. The molecule has 0 spiro atoms. The molecule has 0 bridgehead atoms. The maximum atomic E-state index is 11.6. The number of esters is 1. The highest BCUT2D eigenvalue weighted by molar-refractivity contribution is 5.89. The standard InChI is InChI=1S/C16H11NO5/c18-16(13-6-2-1-3-7-13)22-11-4-8-14(17(19)20)12-15-9-5-10-21-15/h1-3,5-7,9-10,12H,11H2/b14-12+. The molecule has 0 aliphatic heterocycles. The van der Waals surface area contributed by atoms with Gasteiger partial charge in [-0.2, -0.15) is 0 Å². The van der Waals surface area contributed by atoms with Crippen LogP contribution in [0, 0.1) is 22.0 Å². The van der Waals surface area contributed by atoms with E-state index >= 15 is 0 Å². The van der Waals surface area contributed by atoms with Crippen molar-refractivity contribution in [1.29, 1.82) is 0 Å². The summed E-state index contributed by atoms with van der Waals surface area (Å²) in [5, 5.41) is 10.9. The molecule has 1 aromatic carbocycles. The molecule has 2 aromatic rings. The number of carbonyl (C=O) groups is 1. The molecule has 110 valence electrons. The monoisotopic (exact) mass is 297 g/mol. The summed E-state index contributed by atoms with van der Waals surface area (Å²) in [6.07, 6.45) is 2.60. The zero-order valence-corrected chi connectivity index (χ0v) is 11.4. The van der Waals surface area contributed by atoms with Crippen molar-refractivity contribution in [2.45, 2.75) is 0 Å². The first-order valence-corrected chi connectivity index (χ1v) is 6.27. The van der Waals surface area contributed by atoms with Gasteiger partial charge in [-0.15, -0.1) is 0 Å². The predicted octanol–water partition coefficient (Wildman–Crippen LogP) is 2.76. The summed E-state index contributed by atoms with van der Waals surface area (Å²) in [7, 11) is 0. The van der Waals surface area contributed by atoms with Crippen LogP contribution in [-0.2, 0) is 4.74 Å². The van der Waals surface area contributed by atoms with E-state index in [0.717, 1.165) is 0 Å². The van der Waals surface area contributed by atoms with Crippen LogP contribution in [0.25, 0.3) is 6.08 Å². The van der Waals surface area contributed by atoms with Crippen molar-refractivity contribution < 1.29 is 18.9 Å². The molecule has 22 heavy (non-hydrogen) atoms. The lowest BCUT2D eigenvalue weighted by atomic mass is 10.2. The molecule has 0 unspecified atom stereocenters. The minimum Gasteiger partial charge on any atom is -0.465 e. The normalized spacial score (nSPS) is 10.5. The average Bonchev–Trinajstić information content (AvgIpc) is 3.03. The summed E-state index contributed by atoms with van der Waals surface area (Å²) >= 11 is 0. The summed E-state index contributed by atoms with van der Waals surface area (Å²) in [6, 6.07) is 11.6. The van der Waals surface area contributed by atoms with Crippen LogP contribution >= 0.6 is 0 Å². The van der Waals surface area contributed by atoms with Gasteiger partial charge < -0.3 is 9.15 Å². The van der Waals surface area contributed by atoms with E-state index in [1.54, 1.807) is 42.5 Å². The Kier molecular flexibility index (Phi) is 5.10. The second kappa shape index (κ2) is 7.45. The molecule has 0 saturated carbocycles. The van der Waals surface area contributed by atoms with E-state index in [0.29, 0.717) is 11.3 Å². The van der Waals surface area contributed by atoms with Crippen LogP contribution in [0.2, 0.25) is 0 Å². The number of hydrogen-bond acceptors (Lipinski definition) is 5. The van der Waals surface area contributed by atoms with Crippen LogP contribution in [0.15, 0.2) is 58.8 Å². The number of allylic oxidation sites excluding steroid dienone is 1. The quantitative estimate of drug-likeness (QED) is 0.375. The Morgan fingerprint density at radius 1 is 1.27 bits per heavy atom. The summed E-state index contributed by atoms with van der Waals surface area (Å²) in [4.78, 5) is 21.9. The number of hydrogen-bond donors (Lipinski definition) is 0. The Labute approximate surface area is 126 Å². The van der Waals surface area contributed by atoms with Gasteiger partial charge in [-0.05, 0) is 24.3 Å². The van der Waals surface area contributed by atoms with Crippen molar-refractivity contribution in [3.8, 4) is 11.8 Å². The fraction of sp³-hybridized carbons (Fsp3) is 0.0625. The summed E-state index contributed by atoms with van der Waals surface area (Å²) in [6.45, 7) is -0.239. The van der Waals surface area contributed by atoms with Crippen molar-refractivity contribution in [3.05, 3.63) is 75.9 Å². The van der Waals surface area contributed by atoms with Gasteiger partial charge in [-0.3, -0.25) is 10.1 Å². The third-order valence-electron chi connectivity index (χ3n) is 2.52. The molecule has 0 N–H and O–H groups in total. The SMILES string of the molecule is O=C(OCC#C/C(=C\c1ccco1)[N+](=O)[O-])c1ccccc1. The minimum atomic E-state index is -0.630. The third-order valence-corrected chi connectivity index (χ3v) is 2.52. The average molecular weight is 297 g/mol. The zero-order valence-electron chi connectivity index (χ0n) is 11.4. The van der Waals surface area contributed by atoms with Gasteiger partial charge in [-0.25, -0.2) is 4.79 Å². The second-order valence-corrected chi connectivity index (χ2v) is 4.05. The number of rotatable bonds is 4. The largest absolute Gasteiger partial charge is 0.465 e. The molecule has 6 nitrogen and oxygen atoms in total. The van der Waals surface area contributed by atoms with Crippen LogP contribution in [0.5, 0.6) is 0 Å². The topological polar surface area (TPSA) is 82.6 Å². The first kappa shape index (κ1) is 15.1. The number of benzene rings is 1. The van der Waals surface area contributed by atoms with Gasteiger partial charge in [-0.1, -0.05) is 24.1 Å². The van der Waals surface area contributed by atoms with Crippen LogP contribution in [0.4, 0.5) is 0 Å². The van der Waals surface area contributed by atoms with E-state index < -0.39 is 10.9 Å². The third kappa shape index (κ3) is 4.35. The Hall–Kier alpha value is -3.33. The van der Waals surface area contributed by atoms with Crippen LogP contribution in [0.1, 0.15) is 16.1 Å². The van der Waals surface area contributed by atoms with E-state index in [1.165, 1.54) is 12.3 Å². The highest BCUT2D eigenvalue weighted by Crippen LogP contribution is 2.07. The van der Waals surface area contributed by atoms with Gasteiger partial charge >= 0.3 is 11.7 Å². The maximum absolute atomic E-state index is 11.6. The van der Waals surface area contributed by atoms with Crippen molar-refractivity contribution >= 4 is 12.0 Å². The molecule has 0 amide bonds. The van der Waals surface area contributed by atoms with Gasteiger partial charge in [0.05, 0.1) is 22.8 Å². The molecule has 0 fully saturated rings. The lowest BCUT2D eigenvalue weighted by Crippen LogP contribution is -2.05. The Bertz CT molecular complexity index is 736. The second-order valence-electron chi connectivity index (χ2n) is 4.05. The predicted molar refractivity (Wildman–Crippen MR) is 78.2 cm³/mol. The fourth-order valence-electron chi connectivity index (χ4n) is 1.53. The summed E-state index contributed by atoms with van der Waals surface area (Å²) in [5.41, 5.74) is 0.0515. The Morgan fingerprint density at radius 3 is 2.68 bits per heavy atom. The highest BCUT2D eigenvalue weighted by atomic mass is 16.6. The lowest BCUT2D eigenvalue weighted by Gasteiger charge is -1.99. The molecule has 0 atom stereocenters. The smallest absolute Gasteiger partial charge is 0.339 e. The lowest BCUT2D eigenvalue weighted by molar-refractivity contribution is -0.415. The molecule has 2 rings (SSSR count). The number of carbonyl (C=O) groups excluding carboxylic acids is 1. The van der Waals surface area contributed by atoms with Gasteiger partial charge in [0, 0.05) is 5.92 Å². The van der Waals surface area contributed by atoms with E-state index in [-0.39, 0.29) is 12.3 Å². The number of nitrogens with zero attached hydrogens (tertiary/aromatic N) is 1. The molecule has 1 aromatic heterocycles. The zero-order chi connectivity index (χ0) is 15.8. The molecule has 0 aliphatic rings. The molecule has 0 radical (unpaired) electrons. The van der Waals surface area contributed by atoms with Crippen molar-refractivity contribution in [2.24, 2.45) is 0 Å². The van der Waals surface area contributed by atoms with E-state index in [1.807, 2.05) is 0 Å². The van der Waals surface area contributed by atoms with Crippen molar-refractivity contribution in [1.82, 2.24) is 0 Å². The van der Waals surface area contributed by atoms with Gasteiger partial charge in [0.1, 0.15) is 5.76 Å². The number of ether oxygens (including phenoxy) is 1. The summed E-state index contributed by atoms with van der Waals surface area (Å²) in [5.74, 6) is 4.56. The number of nitro groups is 1. The Balaban J connectivity index is 1.97. The molecule has 1 heterocycles. The molecule has 6 heteroatoms. The molecule has 0 saturated heterocycles. The van der Waals surface area contributed by atoms with E-state index in [4.69, 9.17) is 9.15 Å². The van der Waals surface area contributed by atoms with Gasteiger partial charge in [0.2, 0.25) is 0 Å². The maximum Gasteiger partial charge on any atom is 0.339 e. The van der Waals surface area contributed by atoms with Gasteiger partial charge in [0.15, 0.2) is 6.61 Å². The van der Waals surface area contributed by atoms with E-state index in [2.05, 4.69) is 11.8 Å². The fourth-order valence-corrected chi connectivity index (χ4v) is 1.53. The first-order chi connectivity index (χ1) is 10.7. The van der Waals surface area contributed by atoms with Crippen LogP contribution < -0.4 is 0 Å². The number of furan rings is 1. The highest BCUT2D eigenvalue weighted by Gasteiger charge is 2.08. The minimum absolute atomic E-state index is 0.239. The van der Waals surface area contributed by atoms with Gasteiger partial charge in [0.25, 0.3) is 0 Å².